The minimum atomic E-state index is 0.552. The minimum absolute atomic E-state index is 0.552. The van der Waals surface area contributed by atoms with Gasteiger partial charge in [-0.2, -0.15) is 0 Å². The van der Waals surface area contributed by atoms with E-state index in [2.05, 4.69) is 44.3 Å². The highest BCUT2D eigenvalue weighted by Crippen LogP contribution is 2.19. The summed E-state index contributed by atoms with van der Waals surface area (Å²) in [7, 11) is 1.72. The third-order valence-electron chi connectivity index (χ3n) is 2.70. The minimum Gasteiger partial charge on any atom is -0.496 e. The Balaban J connectivity index is 2.67. The monoisotopic (exact) mass is 207 g/mol. The molecule has 1 aromatic carbocycles. The third kappa shape index (κ3) is 3.56. The summed E-state index contributed by atoms with van der Waals surface area (Å²) in [6.07, 6.45) is 1.15. The van der Waals surface area contributed by atoms with Crippen molar-refractivity contribution in [3.63, 3.8) is 0 Å². The lowest BCUT2D eigenvalue weighted by atomic mass is 10.1. The molecule has 0 bridgehead atoms. The molecule has 84 valence electrons. The molecule has 0 spiro atoms. The number of aryl methyl sites for hydroxylation is 1. The molecule has 0 fully saturated rings. The maximum atomic E-state index is 5.35. The molecular formula is C13H21NO. The Morgan fingerprint density at radius 1 is 1.40 bits per heavy atom. The summed E-state index contributed by atoms with van der Waals surface area (Å²) < 4.78 is 5.35. The van der Waals surface area contributed by atoms with Crippen molar-refractivity contribution in [1.29, 1.82) is 0 Å². The van der Waals surface area contributed by atoms with E-state index >= 15 is 0 Å². The van der Waals surface area contributed by atoms with E-state index in [1.54, 1.807) is 7.11 Å². The second-order valence-electron chi connectivity index (χ2n) is 4.01. The molecule has 0 heterocycles. The lowest BCUT2D eigenvalue weighted by molar-refractivity contribution is 0.405. The van der Waals surface area contributed by atoms with E-state index in [-0.39, 0.29) is 0 Å². The molecule has 0 radical (unpaired) electrons. The largest absolute Gasteiger partial charge is 0.496 e. The Morgan fingerprint density at radius 3 is 2.73 bits per heavy atom. The van der Waals surface area contributed by atoms with Gasteiger partial charge in [0.15, 0.2) is 0 Å². The number of methoxy groups -OCH3 is 1. The summed E-state index contributed by atoms with van der Waals surface area (Å²) in [4.78, 5) is 0. The van der Waals surface area contributed by atoms with Gasteiger partial charge in [0.1, 0.15) is 5.75 Å². The van der Waals surface area contributed by atoms with Crippen LogP contribution in [0.4, 0.5) is 0 Å². The molecule has 15 heavy (non-hydrogen) atoms. The fraction of sp³-hybridized carbons (Fsp3) is 0.538. The van der Waals surface area contributed by atoms with Crippen LogP contribution >= 0.6 is 0 Å². The highest BCUT2D eigenvalue weighted by molar-refractivity contribution is 5.36. The fourth-order valence-electron chi connectivity index (χ4n) is 1.43. The molecule has 1 unspecified atom stereocenters. The summed E-state index contributed by atoms with van der Waals surface area (Å²) in [6, 6.07) is 6.88. The Labute approximate surface area is 92.6 Å². The summed E-state index contributed by atoms with van der Waals surface area (Å²) in [5, 5.41) is 3.46. The van der Waals surface area contributed by atoms with Gasteiger partial charge in [-0.15, -0.1) is 0 Å². The number of nitrogens with one attached hydrogen (secondary N) is 1. The van der Waals surface area contributed by atoms with E-state index in [1.807, 2.05) is 0 Å². The second-order valence-corrected chi connectivity index (χ2v) is 4.01. The molecule has 1 atom stereocenters. The first-order chi connectivity index (χ1) is 7.17. The number of benzene rings is 1. The predicted molar refractivity (Wildman–Crippen MR) is 64.3 cm³/mol. The lowest BCUT2D eigenvalue weighted by Crippen LogP contribution is -2.24. The number of ether oxygens (including phenoxy) is 1. The maximum absolute atomic E-state index is 5.35. The molecule has 1 aromatic rings. The zero-order valence-corrected chi connectivity index (χ0v) is 10.1. The van der Waals surface area contributed by atoms with E-state index in [0.717, 1.165) is 18.7 Å². The lowest BCUT2D eigenvalue weighted by Gasteiger charge is -2.14. The number of rotatable bonds is 5. The van der Waals surface area contributed by atoms with Crippen LogP contribution in [0.3, 0.4) is 0 Å². The van der Waals surface area contributed by atoms with Crippen molar-refractivity contribution in [2.75, 3.05) is 7.11 Å². The Kier molecular flexibility index (Phi) is 4.63. The molecule has 0 saturated heterocycles. The van der Waals surface area contributed by atoms with Crippen molar-refractivity contribution in [3.8, 4) is 5.75 Å². The van der Waals surface area contributed by atoms with Gasteiger partial charge in [0.2, 0.25) is 0 Å². The normalized spacial score (nSPS) is 12.5. The van der Waals surface area contributed by atoms with Crippen LogP contribution in [-0.2, 0) is 6.54 Å². The molecule has 0 aliphatic rings. The van der Waals surface area contributed by atoms with Gasteiger partial charge in [-0.05, 0) is 31.9 Å². The maximum Gasteiger partial charge on any atom is 0.123 e. The van der Waals surface area contributed by atoms with Gasteiger partial charge < -0.3 is 10.1 Å². The van der Waals surface area contributed by atoms with Gasteiger partial charge in [0, 0.05) is 18.2 Å². The van der Waals surface area contributed by atoms with Crippen LogP contribution in [0.15, 0.2) is 18.2 Å². The molecule has 0 aromatic heterocycles. The van der Waals surface area contributed by atoms with Crippen LogP contribution in [0.5, 0.6) is 5.75 Å². The van der Waals surface area contributed by atoms with Crippen molar-refractivity contribution in [1.82, 2.24) is 5.32 Å². The van der Waals surface area contributed by atoms with E-state index in [9.17, 15) is 0 Å². The van der Waals surface area contributed by atoms with Gasteiger partial charge in [0.05, 0.1) is 7.11 Å². The smallest absolute Gasteiger partial charge is 0.123 e. The van der Waals surface area contributed by atoms with Crippen LogP contribution in [0, 0.1) is 6.92 Å². The predicted octanol–water partition coefficient (Wildman–Crippen LogP) is 2.89. The van der Waals surface area contributed by atoms with E-state index < -0.39 is 0 Å². The topological polar surface area (TPSA) is 21.3 Å². The Bertz CT molecular complexity index is 309. The van der Waals surface area contributed by atoms with E-state index in [1.165, 1.54) is 11.1 Å². The Hall–Kier alpha value is -1.02. The molecule has 0 aliphatic carbocycles. The summed E-state index contributed by atoms with van der Waals surface area (Å²) in [6.45, 7) is 7.33. The first-order valence-electron chi connectivity index (χ1n) is 5.54. The summed E-state index contributed by atoms with van der Waals surface area (Å²) in [5.74, 6) is 0.978. The van der Waals surface area contributed by atoms with Gasteiger partial charge in [-0.1, -0.05) is 19.1 Å². The highest BCUT2D eigenvalue weighted by Gasteiger charge is 2.04. The molecule has 2 heteroatoms. The molecule has 0 amide bonds. The van der Waals surface area contributed by atoms with E-state index in [4.69, 9.17) is 4.74 Å². The number of hydrogen-bond acceptors (Lipinski definition) is 2. The summed E-state index contributed by atoms with van der Waals surface area (Å²) in [5.41, 5.74) is 2.46. The van der Waals surface area contributed by atoms with Gasteiger partial charge in [0.25, 0.3) is 0 Å². The molecule has 1 N–H and O–H groups in total. The molecular weight excluding hydrogens is 186 g/mol. The zero-order chi connectivity index (χ0) is 11.3. The first kappa shape index (κ1) is 12.1. The van der Waals surface area contributed by atoms with Crippen molar-refractivity contribution in [2.45, 2.75) is 39.8 Å². The van der Waals surface area contributed by atoms with Gasteiger partial charge in [-0.25, -0.2) is 0 Å². The van der Waals surface area contributed by atoms with Crippen LogP contribution in [0.25, 0.3) is 0 Å². The standard InChI is InChI=1S/C13H21NO/c1-5-11(3)14-9-12-7-6-10(2)8-13(12)15-4/h6-8,11,14H,5,9H2,1-4H3. The van der Waals surface area contributed by atoms with Crippen LogP contribution in [0.2, 0.25) is 0 Å². The van der Waals surface area contributed by atoms with Crippen molar-refractivity contribution >= 4 is 0 Å². The molecule has 1 rings (SSSR count). The van der Waals surface area contributed by atoms with Crippen LogP contribution in [-0.4, -0.2) is 13.2 Å². The van der Waals surface area contributed by atoms with Gasteiger partial charge in [-0.3, -0.25) is 0 Å². The molecule has 0 aliphatic heterocycles. The van der Waals surface area contributed by atoms with Gasteiger partial charge >= 0.3 is 0 Å². The fourth-order valence-corrected chi connectivity index (χ4v) is 1.43. The van der Waals surface area contributed by atoms with Crippen molar-refractivity contribution in [2.24, 2.45) is 0 Å². The highest BCUT2D eigenvalue weighted by atomic mass is 16.5. The molecule has 0 saturated carbocycles. The summed E-state index contributed by atoms with van der Waals surface area (Å²) >= 11 is 0. The van der Waals surface area contributed by atoms with E-state index in [0.29, 0.717) is 6.04 Å². The van der Waals surface area contributed by atoms with Crippen molar-refractivity contribution < 1.29 is 4.74 Å². The second kappa shape index (κ2) is 5.76. The number of hydrogen-bond donors (Lipinski definition) is 1. The average molecular weight is 207 g/mol. The van der Waals surface area contributed by atoms with Crippen molar-refractivity contribution in [3.05, 3.63) is 29.3 Å². The molecule has 2 nitrogen and oxygen atoms in total. The quantitative estimate of drug-likeness (QED) is 0.801. The third-order valence-corrected chi connectivity index (χ3v) is 2.70. The SMILES string of the molecule is CCC(C)NCc1ccc(C)cc1OC. The first-order valence-corrected chi connectivity index (χ1v) is 5.54. The van der Waals surface area contributed by atoms with Crippen LogP contribution < -0.4 is 10.1 Å². The zero-order valence-electron chi connectivity index (χ0n) is 10.1. The Morgan fingerprint density at radius 2 is 2.13 bits per heavy atom. The average Bonchev–Trinajstić information content (AvgIpc) is 2.26. The van der Waals surface area contributed by atoms with Crippen LogP contribution in [0.1, 0.15) is 31.4 Å².